The average Bonchev–Trinajstić information content (AvgIpc) is 2.57. The van der Waals surface area contributed by atoms with Gasteiger partial charge in [0.1, 0.15) is 11.5 Å². The fraction of sp³-hybridized carbons (Fsp3) is 0.176. The predicted octanol–water partition coefficient (Wildman–Crippen LogP) is 4.14. The van der Waals surface area contributed by atoms with Gasteiger partial charge in [0.15, 0.2) is 6.10 Å². The zero-order chi connectivity index (χ0) is 17.5. The third-order valence-electron chi connectivity index (χ3n) is 3.08. The van der Waals surface area contributed by atoms with Crippen LogP contribution in [-0.2, 0) is 4.79 Å². The quantitative estimate of drug-likeness (QED) is 0.526. The zero-order valence-corrected chi connectivity index (χ0v) is 16.3. The Bertz CT molecular complexity index is 750. The van der Waals surface area contributed by atoms with Crippen LogP contribution in [0.15, 0.2) is 56.5 Å². The third-order valence-corrected chi connectivity index (χ3v) is 4.23. The van der Waals surface area contributed by atoms with Gasteiger partial charge < -0.3 is 9.47 Å². The largest absolute Gasteiger partial charge is 0.496 e. The Morgan fingerprint density at radius 1 is 1.21 bits per heavy atom. The number of benzene rings is 2. The van der Waals surface area contributed by atoms with Crippen LogP contribution in [0.3, 0.4) is 0 Å². The standard InChI is InChI=1S/C17H16Br2N2O3/c1-11(24-16-6-4-3-5-14(16)19)17(22)21-20-10-12-9-13(18)7-8-15(12)23-2/h3-11H,1-2H3,(H,21,22)/b20-10-/t11-/m1/s1. The minimum absolute atomic E-state index is 0.351. The van der Waals surface area contributed by atoms with Crippen molar-refractivity contribution >= 4 is 44.0 Å². The lowest BCUT2D eigenvalue weighted by atomic mass is 10.2. The Morgan fingerprint density at radius 2 is 1.96 bits per heavy atom. The second kappa shape index (κ2) is 8.84. The lowest BCUT2D eigenvalue weighted by Crippen LogP contribution is -2.33. The highest BCUT2D eigenvalue weighted by Crippen LogP contribution is 2.25. The molecular formula is C17H16Br2N2O3. The monoisotopic (exact) mass is 454 g/mol. The zero-order valence-electron chi connectivity index (χ0n) is 13.1. The molecule has 7 heteroatoms. The van der Waals surface area contributed by atoms with E-state index in [1.165, 1.54) is 6.21 Å². The van der Waals surface area contributed by atoms with E-state index < -0.39 is 6.10 Å². The van der Waals surface area contributed by atoms with Crippen molar-refractivity contribution in [3.63, 3.8) is 0 Å². The summed E-state index contributed by atoms with van der Waals surface area (Å²) in [6, 6.07) is 12.9. The molecule has 1 amide bonds. The molecule has 5 nitrogen and oxygen atoms in total. The van der Waals surface area contributed by atoms with Crippen molar-refractivity contribution in [3.05, 3.63) is 57.0 Å². The highest BCUT2D eigenvalue weighted by Gasteiger charge is 2.15. The van der Waals surface area contributed by atoms with Crippen molar-refractivity contribution in [1.29, 1.82) is 0 Å². The molecule has 0 aliphatic heterocycles. The molecule has 0 heterocycles. The maximum Gasteiger partial charge on any atom is 0.280 e. The van der Waals surface area contributed by atoms with Gasteiger partial charge in [-0.05, 0) is 53.2 Å². The molecule has 2 aromatic rings. The summed E-state index contributed by atoms with van der Waals surface area (Å²) >= 11 is 6.76. The van der Waals surface area contributed by atoms with Crippen molar-refractivity contribution in [3.8, 4) is 11.5 Å². The number of hydrogen-bond acceptors (Lipinski definition) is 4. The van der Waals surface area contributed by atoms with Crippen LogP contribution in [0.4, 0.5) is 0 Å². The summed E-state index contributed by atoms with van der Waals surface area (Å²) in [5.41, 5.74) is 3.20. The number of rotatable bonds is 6. The Morgan fingerprint density at radius 3 is 2.67 bits per heavy atom. The van der Waals surface area contributed by atoms with Crippen LogP contribution < -0.4 is 14.9 Å². The summed E-state index contributed by atoms with van der Waals surface area (Å²) in [4.78, 5) is 12.1. The van der Waals surface area contributed by atoms with Crippen molar-refractivity contribution in [2.45, 2.75) is 13.0 Å². The molecule has 0 aliphatic carbocycles. The van der Waals surface area contributed by atoms with Crippen LogP contribution in [0.1, 0.15) is 12.5 Å². The highest BCUT2D eigenvalue weighted by atomic mass is 79.9. The molecule has 0 saturated carbocycles. The second-order valence-corrected chi connectivity index (χ2v) is 6.58. The summed E-state index contributed by atoms with van der Waals surface area (Å²) in [6.07, 6.45) is 0.831. The highest BCUT2D eigenvalue weighted by molar-refractivity contribution is 9.10. The number of para-hydroxylation sites is 1. The number of halogens is 2. The summed E-state index contributed by atoms with van der Waals surface area (Å²) in [5.74, 6) is 0.905. The van der Waals surface area contributed by atoms with Crippen molar-refractivity contribution < 1.29 is 14.3 Å². The second-order valence-electron chi connectivity index (χ2n) is 4.81. The van der Waals surface area contributed by atoms with E-state index in [1.807, 2.05) is 36.4 Å². The number of methoxy groups -OCH3 is 1. The van der Waals surface area contributed by atoms with Gasteiger partial charge >= 0.3 is 0 Å². The van der Waals surface area contributed by atoms with E-state index in [0.717, 1.165) is 14.5 Å². The first-order valence-electron chi connectivity index (χ1n) is 7.09. The molecule has 2 aromatic carbocycles. The van der Waals surface area contributed by atoms with Crippen LogP contribution in [0.5, 0.6) is 11.5 Å². The maximum absolute atomic E-state index is 12.1. The normalized spacial score (nSPS) is 12.0. The average molecular weight is 456 g/mol. The molecule has 0 spiro atoms. The van der Waals surface area contributed by atoms with Crippen LogP contribution >= 0.6 is 31.9 Å². The number of carbonyl (C=O) groups is 1. The minimum atomic E-state index is -0.690. The van der Waals surface area contributed by atoms with Crippen LogP contribution in [0, 0.1) is 0 Å². The van der Waals surface area contributed by atoms with Crippen molar-refractivity contribution in [2.75, 3.05) is 7.11 Å². The smallest absolute Gasteiger partial charge is 0.280 e. The van der Waals surface area contributed by atoms with Gasteiger partial charge in [0.05, 0.1) is 17.8 Å². The molecule has 1 N–H and O–H groups in total. The van der Waals surface area contributed by atoms with Gasteiger partial charge in [0.25, 0.3) is 5.91 Å². The fourth-order valence-electron chi connectivity index (χ4n) is 1.85. The van der Waals surface area contributed by atoms with Gasteiger partial charge in [-0.2, -0.15) is 5.10 Å². The van der Waals surface area contributed by atoms with Crippen LogP contribution in [-0.4, -0.2) is 25.3 Å². The molecule has 0 unspecified atom stereocenters. The molecule has 0 bridgehead atoms. The third kappa shape index (κ3) is 5.07. The Labute approximate surface area is 157 Å². The summed E-state index contributed by atoms with van der Waals surface area (Å²) < 4.78 is 12.5. The van der Waals surface area contributed by atoms with E-state index >= 15 is 0 Å². The number of hydrazone groups is 1. The van der Waals surface area contributed by atoms with E-state index in [1.54, 1.807) is 20.1 Å². The van der Waals surface area contributed by atoms with E-state index in [-0.39, 0.29) is 5.91 Å². The number of amides is 1. The molecule has 0 fully saturated rings. The van der Waals surface area contributed by atoms with Crippen LogP contribution in [0.25, 0.3) is 0 Å². The fourth-order valence-corrected chi connectivity index (χ4v) is 2.60. The first-order chi connectivity index (χ1) is 11.5. The van der Waals surface area contributed by atoms with E-state index in [9.17, 15) is 4.79 Å². The Balaban J connectivity index is 1.97. The molecule has 24 heavy (non-hydrogen) atoms. The first-order valence-corrected chi connectivity index (χ1v) is 8.67. The minimum Gasteiger partial charge on any atom is -0.496 e. The summed E-state index contributed by atoms with van der Waals surface area (Å²) in [5, 5.41) is 3.96. The van der Waals surface area contributed by atoms with E-state index in [2.05, 4.69) is 42.4 Å². The first kappa shape index (κ1) is 18.5. The number of nitrogens with one attached hydrogen (secondary N) is 1. The molecule has 2 rings (SSSR count). The molecule has 0 saturated heterocycles. The van der Waals surface area contributed by atoms with Gasteiger partial charge in [0.2, 0.25) is 0 Å². The number of hydrogen-bond donors (Lipinski definition) is 1. The molecule has 1 atom stereocenters. The van der Waals surface area contributed by atoms with Gasteiger partial charge in [0, 0.05) is 10.0 Å². The van der Waals surface area contributed by atoms with E-state index in [4.69, 9.17) is 9.47 Å². The number of nitrogens with zero attached hydrogens (tertiary/aromatic N) is 1. The molecule has 0 aromatic heterocycles. The molecular weight excluding hydrogens is 440 g/mol. The van der Waals surface area contributed by atoms with Crippen molar-refractivity contribution in [2.24, 2.45) is 5.10 Å². The van der Waals surface area contributed by atoms with Gasteiger partial charge in [-0.3, -0.25) is 4.79 Å². The topological polar surface area (TPSA) is 59.9 Å². The molecule has 0 aliphatic rings. The Hall–Kier alpha value is -1.86. The number of ether oxygens (including phenoxy) is 2. The van der Waals surface area contributed by atoms with Gasteiger partial charge in [-0.25, -0.2) is 5.43 Å². The summed E-state index contributed by atoms with van der Waals surface area (Å²) in [6.45, 7) is 1.66. The lowest BCUT2D eigenvalue weighted by molar-refractivity contribution is -0.127. The van der Waals surface area contributed by atoms with Gasteiger partial charge in [-0.1, -0.05) is 28.1 Å². The maximum atomic E-state index is 12.1. The van der Waals surface area contributed by atoms with Gasteiger partial charge in [-0.15, -0.1) is 0 Å². The van der Waals surface area contributed by atoms with Crippen molar-refractivity contribution in [1.82, 2.24) is 5.43 Å². The molecule has 126 valence electrons. The Kier molecular flexibility index (Phi) is 6.81. The van der Waals surface area contributed by atoms with E-state index in [0.29, 0.717) is 11.5 Å². The number of carbonyl (C=O) groups excluding carboxylic acids is 1. The predicted molar refractivity (Wildman–Crippen MR) is 101 cm³/mol. The lowest BCUT2D eigenvalue weighted by Gasteiger charge is -2.14. The molecule has 0 radical (unpaired) electrons. The summed E-state index contributed by atoms with van der Waals surface area (Å²) in [7, 11) is 1.58. The SMILES string of the molecule is COc1ccc(Br)cc1/C=N\NC(=O)[C@@H](C)Oc1ccccc1Br. The van der Waals surface area contributed by atoms with Crippen LogP contribution in [0.2, 0.25) is 0 Å².